The van der Waals surface area contributed by atoms with Crippen LogP contribution in [0.2, 0.25) is 0 Å². The molecule has 0 bridgehead atoms. The van der Waals surface area contributed by atoms with Crippen molar-refractivity contribution in [2.24, 2.45) is 0 Å². The molecule has 0 amide bonds. The van der Waals surface area contributed by atoms with Crippen LogP contribution >= 0.6 is 0 Å². The van der Waals surface area contributed by atoms with Gasteiger partial charge in [0.2, 0.25) is 0 Å². The van der Waals surface area contributed by atoms with Crippen LogP contribution in [0.3, 0.4) is 0 Å². The summed E-state index contributed by atoms with van der Waals surface area (Å²) in [5.41, 5.74) is 2.09. The van der Waals surface area contributed by atoms with Crippen molar-refractivity contribution in [1.82, 2.24) is 19.9 Å². The van der Waals surface area contributed by atoms with E-state index in [9.17, 15) is 4.39 Å². The number of para-hydroxylation sites is 2. The van der Waals surface area contributed by atoms with Crippen molar-refractivity contribution in [3.05, 3.63) is 36.2 Å². The minimum Gasteiger partial charge on any atom is -0.495 e. The first-order valence-electron chi connectivity index (χ1n) is 8.35. The maximum absolute atomic E-state index is 12.3. The topological polar surface area (TPSA) is 46.4 Å². The van der Waals surface area contributed by atoms with Crippen LogP contribution in [-0.4, -0.2) is 66.4 Å². The fourth-order valence-electron chi connectivity index (χ4n) is 3.03. The minimum absolute atomic E-state index is 0.282. The normalized spacial score (nSPS) is 15.7. The van der Waals surface area contributed by atoms with Crippen LogP contribution in [0.4, 0.5) is 10.1 Å². The fourth-order valence-corrected chi connectivity index (χ4v) is 3.03. The van der Waals surface area contributed by atoms with Crippen molar-refractivity contribution >= 4 is 5.69 Å². The van der Waals surface area contributed by atoms with Gasteiger partial charge in [0.1, 0.15) is 12.4 Å². The van der Waals surface area contributed by atoms with Crippen molar-refractivity contribution < 1.29 is 9.13 Å². The van der Waals surface area contributed by atoms with Crippen LogP contribution in [0.5, 0.6) is 5.75 Å². The summed E-state index contributed by atoms with van der Waals surface area (Å²) in [5, 5.41) is 8.02. The number of rotatable bonds is 7. The number of nitrogens with zero attached hydrogens (tertiary/aromatic N) is 5. The molecule has 0 spiro atoms. The van der Waals surface area contributed by atoms with E-state index in [4.69, 9.17) is 4.74 Å². The van der Waals surface area contributed by atoms with E-state index in [-0.39, 0.29) is 6.54 Å². The van der Waals surface area contributed by atoms with Gasteiger partial charge in [0.25, 0.3) is 0 Å². The molecule has 1 fully saturated rings. The number of aryl methyl sites for hydroxylation is 1. The average Bonchev–Trinajstić information content (AvgIpc) is 3.08. The molecule has 0 radical (unpaired) electrons. The number of hydrogen-bond donors (Lipinski definition) is 0. The van der Waals surface area contributed by atoms with Gasteiger partial charge in [0, 0.05) is 45.3 Å². The van der Waals surface area contributed by atoms with Crippen LogP contribution in [-0.2, 0) is 13.0 Å². The number of alkyl halides is 1. The molecule has 1 aromatic carbocycles. The molecule has 0 N–H and O–H groups in total. The van der Waals surface area contributed by atoms with Crippen molar-refractivity contribution in [3.63, 3.8) is 0 Å². The quantitative estimate of drug-likeness (QED) is 0.771. The lowest BCUT2D eigenvalue weighted by molar-refractivity contribution is 0.259. The molecule has 0 aliphatic carbocycles. The zero-order valence-corrected chi connectivity index (χ0v) is 14.1. The summed E-state index contributed by atoms with van der Waals surface area (Å²) in [7, 11) is 1.71. The zero-order chi connectivity index (χ0) is 16.8. The molecule has 1 aliphatic heterocycles. The molecule has 1 aliphatic rings. The molecular weight excluding hydrogens is 309 g/mol. The van der Waals surface area contributed by atoms with E-state index in [0.29, 0.717) is 0 Å². The van der Waals surface area contributed by atoms with Gasteiger partial charge in [-0.15, -0.1) is 5.10 Å². The number of methoxy groups -OCH3 is 1. The highest BCUT2D eigenvalue weighted by Gasteiger charge is 2.19. The molecule has 0 atom stereocenters. The Bertz CT molecular complexity index is 639. The molecule has 3 rings (SSSR count). The first-order valence-corrected chi connectivity index (χ1v) is 8.35. The summed E-state index contributed by atoms with van der Waals surface area (Å²) in [6.07, 6.45) is 2.69. The summed E-state index contributed by atoms with van der Waals surface area (Å²) in [6.45, 7) is 4.81. The smallest absolute Gasteiger partial charge is 0.142 e. The average molecular weight is 333 g/mol. The largest absolute Gasteiger partial charge is 0.495 e. The molecular formula is C17H24FN5O. The van der Waals surface area contributed by atoms with Gasteiger partial charge in [0.15, 0.2) is 0 Å². The lowest BCUT2D eigenvalue weighted by atomic mass is 10.2. The van der Waals surface area contributed by atoms with Gasteiger partial charge in [-0.1, -0.05) is 17.3 Å². The maximum Gasteiger partial charge on any atom is 0.142 e. The highest BCUT2D eigenvalue weighted by Crippen LogP contribution is 2.28. The third-order valence-electron chi connectivity index (χ3n) is 4.38. The maximum atomic E-state index is 12.3. The third-order valence-corrected chi connectivity index (χ3v) is 4.38. The predicted molar refractivity (Wildman–Crippen MR) is 91.3 cm³/mol. The lowest BCUT2D eigenvalue weighted by Gasteiger charge is -2.36. The lowest BCUT2D eigenvalue weighted by Crippen LogP contribution is -2.47. The van der Waals surface area contributed by atoms with Crippen LogP contribution in [0.15, 0.2) is 30.5 Å². The standard InChI is InChI=1S/C17H24FN5O/c1-24-17-5-3-2-4-16(17)22-12-10-21(11-13-22)8-6-15-14-23(9-7-18)20-19-15/h2-5,14H,6-13H2,1H3. The number of benzene rings is 1. The van der Waals surface area contributed by atoms with Crippen molar-refractivity contribution in [3.8, 4) is 5.75 Å². The van der Waals surface area contributed by atoms with Crippen molar-refractivity contribution in [2.75, 3.05) is 51.4 Å². The highest BCUT2D eigenvalue weighted by molar-refractivity contribution is 5.58. The summed E-state index contributed by atoms with van der Waals surface area (Å²) >= 11 is 0. The van der Waals surface area contributed by atoms with Crippen LogP contribution in [0.25, 0.3) is 0 Å². The third kappa shape index (κ3) is 4.03. The number of halogens is 1. The Morgan fingerprint density at radius 1 is 1.12 bits per heavy atom. The molecule has 0 saturated carbocycles. The Kier molecular flexibility index (Phi) is 5.63. The summed E-state index contributed by atoms with van der Waals surface area (Å²) in [5.74, 6) is 0.926. The molecule has 6 nitrogen and oxygen atoms in total. The SMILES string of the molecule is COc1ccccc1N1CCN(CCc2cn(CCF)nn2)CC1. The molecule has 2 heterocycles. The monoisotopic (exact) mass is 333 g/mol. The Hall–Kier alpha value is -2.15. The Balaban J connectivity index is 1.48. The second kappa shape index (κ2) is 8.10. The van der Waals surface area contributed by atoms with E-state index in [0.717, 1.165) is 56.3 Å². The first kappa shape index (κ1) is 16.7. The molecule has 7 heteroatoms. The molecule has 0 unspecified atom stereocenters. The Labute approximate surface area is 141 Å². The van der Waals surface area contributed by atoms with Gasteiger partial charge in [0.05, 0.1) is 25.0 Å². The molecule has 24 heavy (non-hydrogen) atoms. The molecule has 130 valence electrons. The molecule has 1 aromatic heterocycles. The minimum atomic E-state index is -0.409. The molecule has 2 aromatic rings. The fraction of sp³-hybridized carbons (Fsp3) is 0.529. The highest BCUT2D eigenvalue weighted by atomic mass is 19.1. The second-order valence-corrected chi connectivity index (χ2v) is 5.91. The second-order valence-electron chi connectivity index (χ2n) is 5.91. The Morgan fingerprint density at radius 3 is 2.67 bits per heavy atom. The van der Waals surface area contributed by atoms with Gasteiger partial charge in [-0.05, 0) is 12.1 Å². The predicted octanol–water partition coefficient (Wildman–Crippen LogP) is 1.62. The zero-order valence-electron chi connectivity index (χ0n) is 14.1. The van der Waals surface area contributed by atoms with Gasteiger partial charge in [-0.2, -0.15) is 0 Å². The van der Waals surface area contributed by atoms with Gasteiger partial charge in [-0.3, -0.25) is 4.90 Å². The van der Waals surface area contributed by atoms with Crippen LogP contribution in [0, 0.1) is 0 Å². The van der Waals surface area contributed by atoms with Crippen molar-refractivity contribution in [2.45, 2.75) is 13.0 Å². The van der Waals surface area contributed by atoms with E-state index >= 15 is 0 Å². The van der Waals surface area contributed by atoms with Crippen molar-refractivity contribution in [1.29, 1.82) is 0 Å². The van der Waals surface area contributed by atoms with E-state index in [1.807, 2.05) is 24.4 Å². The Morgan fingerprint density at radius 2 is 1.92 bits per heavy atom. The molecule has 1 saturated heterocycles. The number of piperazine rings is 1. The van der Waals surface area contributed by atoms with E-state index < -0.39 is 6.67 Å². The number of aromatic nitrogens is 3. The van der Waals surface area contributed by atoms with Gasteiger partial charge >= 0.3 is 0 Å². The number of hydrogen-bond acceptors (Lipinski definition) is 5. The van der Waals surface area contributed by atoms with Crippen LogP contribution < -0.4 is 9.64 Å². The first-order chi connectivity index (χ1) is 11.8. The van der Waals surface area contributed by atoms with E-state index in [1.54, 1.807) is 11.8 Å². The summed E-state index contributed by atoms with van der Waals surface area (Å²) in [4.78, 5) is 4.80. The van der Waals surface area contributed by atoms with E-state index in [2.05, 4.69) is 26.2 Å². The number of ether oxygens (including phenoxy) is 1. The summed E-state index contributed by atoms with van der Waals surface area (Å²) < 4.78 is 19.3. The summed E-state index contributed by atoms with van der Waals surface area (Å²) in [6, 6.07) is 8.15. The van der Waals surface area contributed by atoms with Gasteiger partial charge < -0.3 is 9.64 Å². The van der Waals surface area contributed by atoms with Crippen LogP contribution in [0.1, 0.15) is 5.69 Å². The van der Waals surface area contributed by atoms with E-state index in [1.165, 1.54) is 0 Å². The van der Waals surface area contributed by atoms with Gasteiger partial charge in [-0.25, -0.2) is 9.07 Å². The number of anilines is 1.